The molecule has 0 aliphatic rings. The van der Waals surface area contributed by atoms with Crippen molar-refractivity contribution in [3.63, 3.8) is 0 Å². The lowest BCUT2D eigenvalue weighted by Gasteiger charge is -2.10. The Kier molecular flexibility index (Phi) is 9.94. The largest absolute Gasteiger partial charge is 0.330 e. The highest BCUT2D eigenvalue weighted by atomic mass is 14.6. The first-order valence-corrected chi connectivity index (χ1v) is 5.77. The Morgan fingerprint density at radius 2 is 1.54 bits per heavy atom. The van der Waals surface area contributed by atoms with Crippen molar-refractivity contribution in [3.05, 3.63) is 0 Å². The van der Waals surface area contributed by atoms with Crippen molar-refractivity contribution in [1.82, 2.24) is 0 Å². The molecule has 1 atom stereocenters. The Morgan fingerprint density at radius 3 is 2.08 bits per heavy atom. The third kappa shape index (κ3) is 9.84. The Morgan fingerprint density at radius 1 is 0.923 bits per heavy atom. The van der Waals surface area contributed by atoms with Crippen LogP contribution >= 0.6 is 0 Å². The Balaban J connectivity index is 3.05. The first-order valence-electron chi connectivity index (χ1n) is 5.77. The van der Waals surface area contributed by atoms with Crippen LogP contribution in [-0.2, 0) is 0 Å². The van der Waals surface area contributed by atoms with Gasteiger partial charge in [-0.15, -0.1) is 0 Å². The number of hydrogen-bond acceptors (Lipinski definition) is 2. The van der Waals surface area contributed by atoms with E-state index in [9.17, 15) is 0 Å². The van der Waals surface area contributed by atoms with E-state index in [1.54, 1.807) is 0 Å². The molecule has 0 amide bonds. The van der Waals surface area contributed by atoms with Crippen molar-refractivity contribution in [2.45, 2.75) is 64.3 Å². The smallest absolute Gasteiger partial charge is 0.00388 e. The van der Waals surface area contributed by atoms with E-state index in [1.165, 1.54) is 44.9 Å². The van der Waals surface area contributed by atoms with Crippen LogP contribution in [0.1, 0.15) is 58.3 Å². The molecule has 0 spiro atoms. The monoisotopic (exact) mass is 186 g/mol. The van der Waals surface area contributed by atoms with Crippen molar-refractivity contribution >= 4 is 0 Å². The van der Waals surface area contributed by atoms with Gasteiger partial charge in [0.1, 0.15) is 0 Å². The normalized spacial score (nSPS) is 13.2. The van der Waals surface area contributed by atoms with Crippen molar-refractivity contribution < 1.29 is 0 Å². The van der Waals surface area contributed by atoms with Crippen LogP contribution in [0.3, 0.4) is 0 Å². The molecule has 80 valence electrons. The zero-order chi connectivity index (χ0) is 9.94. The minimum Gasteiger partial charge on any atom is -0.330 e. The molecule has 1 unspecified atom stereocenters. The molecular weight excluding hydrogens is 160 g/mol. The van der Waals surface area contributed by atoms with E-state index in [-0.39, 0.29) is 0 Å². The molecule has 0 bridgehead atoms. The minimum absolute atomic E-state index is 0.435. The number of rotatable bonds is 9. The first-order chi connectivity index (χ1) is 6.31. The topological polar surface area (TPSA) is 52.0 Å². The summed E-state index contributed by atoms with van der Waals surface area (Å²) in [6.45, 7) is 3.05. The van der Waals surface area contributed by atoms with Crippen LogP contribution in [0.15, 0.2) is 0 Å². The third-order valence-corrected chi connectivity index (χ3v) is 2.46. The van der Waals surface area contributed by atoms with E-state index >= 15 is 0 Å². The summed E-state index contributed by atoms with van der Waals surface area (Å²) in [5.74, 6) is 0. The van der Waals surface area contributed by atoms with Crippen molar-refractivity contribution in [3.8, 4) is 0 Å². The highest BCUT2D eigenvalue weighted by Crippen LogP contribution is 2.08. The third-order valence-electron chi connectivity index (χ3n) is 2.46. The molecule has 0 rings (SSSR count). The molecule has 0 saturated heterocycles. The lowest BCUT2D eigenvalue weighted by molar-refractivity contribution is 0.500. The zero-order valence-electron chi connectivity index (χ0n) is 9.10. The van der Waals surface area contributed by atoms with Gasteiger partial charge in [-0.05, 0) is 25.8 Å². The van der Waals surface area contributed by atoms with Gasteiger partial charge in [0.2, 0.25) is 0 Å². The Bertz CT molecular complexity index is 94.1. The van der Waals surface area contributed by atoms with Crippen molar-refractivity contribution in [2.24, 2.45) is 11.5 Å². The SMILES string of the molecule is CCCCCC(N)CCCCCN. The second-order valence-electron chi connectivity index (χ2n) is 3.89. The molecule has 0 aromatic rings. The fourth-order valence-corrected chi connectivity index (χ4v) is 1.53. The van der Waals surface area contributed by atoms with Crippen LogP contribution in [0.5, 0.6) is 0 Å². The molecule has 13 heavy (non-hydrogen) atoms. The molecule has 0 radical (unpaired) electrons. The van der Waals surface area contributed by atoms with Gasteiger partial charge in [-0.25, -0.2) is 0 Å². The van der Waals surface area contributed by atoms with E-state index in [2.05, 4.69) is 6.92 Å². The Hall–Kier alpha value is -0.0800. The quantitative estimate of drug-likeness (QED) is 0.543. The van der Waals surface area contributed by atoms with E-state index in [0.29, 0.717) is 6.04 Å². The van der Waals surface area contributed by atoms with Crippen LogP contribution < -0.4 is 11.5 Å². The van der Waals surface area contributed by atoms with Crippen LogP contribution in [-0.4, -0.2) is 12.6 Å². The molecule has 0 aliphatic carbocycles. The van der Waals surface area contributed by atoms with Gasteiger partial charge >= 0.3 is 0 Å². The summed E-state index contributed by atoms with van der Waals surface area (Å²) in [7, 11) is 0. The second-order valence-corrected chi connectivity index (χ2v) is 3.89. The van der Waals surface area contributed by atoms with Gasteiger partial charge in [-0.3, -0.25) is 0 Å². The molecule has 0 aromatic heterocycles. The minimum atomic E-state index is 0.435. The predicted octanol–water partition coefficient (Wildman–Crippen LogP) is 2.41. The van der Waals surface area contributed by atoms with Gasteiger partial charge in [0.05, 0.1) is 0 Å². The molecule has 0 saturated carbocycles. The van der Waals surface area contributed by atoms with Crippen LogP contribution in [0.25, 0.3) is 0 Å². The Labute approximate surface area is 83.1 Å². The lowest BCUT2D eigenvalue weighted by Crippen LogP contribution is -2.19. The van der Waals surface area contributed by atoms with Crippen LogP contribution in [0.4, 0.5) is 0 Å². The lowest BCUT2D eigenvalue weighted by atomic mass is 10.0. The summed E-state index contributed by atoms with van der Waals surface area (Å²) >= 11 is 0. The van der Waals surface area contributed by atoms with Crippen LogP contribution in [0, 0.1) is 0 Å². The number of unbranched alkanes of at least 4 members (excludes halogenated alkanes) is 4. The summed E-state index contributed by atoms with van der Waals surface area (Å²) in [5, 5.41) is 0. The summed E-state index contributed by atoms with van der Waals surface area (Å²) in [5.41, 5.74) is 11.4. The van der Waals surface area contributed by atoms with Gasteiger partial charge in [0.15, 0.2) is 0 Å². The number of nitrogens with two attached hydrogens (primary N) is 2. The molecule has 2 heteroatoms. The first kappa shape index (κ1) is 12.9. The average Bonchev–Trinajstić information content (AvgIpc) is 2.13. The van der Waals surface area contributed by atoms with Crippen molar-refractivity contribution in [2.75, 3.05) is 6.54 Å². The predicted molar refractivity (Wildman–Crippen MR) is 59.6 cm³/mol. The van der Waals surface area contributed by atoms with Gasteiger partial charge in [0.25, 0.3) is 0 Å². The fourth-order valence-electron chi connectivity index (χ4n) is 1.53. The summed E-state index contributed by atoms with van der Waals surface area (Å²) in [6.07, 6.45) is 9.97. The molecular formula is C11H26N2. The van der Waals surface area contributed by atoms with E-state index in [4.69, 9.17) is 11.5 Å². The fraction of sp³-hybridized carbons (Fsp3) is 1.00. The standard InChI is InChI=1S/C11H26N2/c1-2-3-5-8-11(13)9-6-4-7-10-12/h11H,2-10,12-13H2,1H3. The molecule has 0 heterocycles. The molecule has 0 fully saturated rings. The highest BCUT2D eigenvalue weighted by molar-refractivity contribution is 4.61. The highest BCUT2D eigenvalue weighted by Gasteiger charge is 2.00. The molecule has 0 aromatic carbocycles. The van der Waals surface area contributed by atoms with Gasteiger partial charge in [0, 0.05) is 6.04 Å². The average molecular weight is 186 g/mol. The summed E-state index contributed by atoms with van der Waals surface area (Å²) < 4.78 is 0. The van der Waals surface area contributed by atoms with E-state index in [1.807, 2.05) is 0 Å². The molecule has 2 nitrogen and oxygen atoms in total. The molecule has 0 aliphatic heterocycles. The second kappa shape index (κ2) is 10.0. The van der Waals surface area contributed by atoms with E-state index in [0.717, 1.165) is 13.0 Å². The maximum atomic E-state index is 5.97. The van der Waals surface area contributed by atoms with Crippen LogP contribution in [0.2, 0.25) is 0 Å². The van der Waals surface area contributed by atoms with Gasteiger partial charge in [-0.2, -0.15) is 0 Å². The van der Waals surface area contributed by atoms with Gasteiger partial charge in [-0.1, -0.05) is 39.0 Å². The molecule has 4 N–H and O–H groups in total. The zero-order valence-corrected chi connectivity index (χ0v) is 9.10. The summed E-state index contributed by atoms with van der Waals surface area (Å²) in [6, 6.07) is 0.435. The maximum absolute atomic E-state index is 5.97. The van der Waals surface area contributed by atoms with Crippen molar-refractivity contribution in [1.29, 1.82) is 0 Å². The number of hydrogen-bond donors (Lipinski definition) is 2. The maximum Gasteiger partial charge on any atom is 0.00388 e. The summed E-state index contributed by atoms with van der Waals surface area (Å²) in [4.78, 5) is 0. The van der Waals surface area contributed by atoms with Gasteiger partial charge < -0.3 is 11.5 Å². The van der Waals surface area contributed by atoms with E-state index < -0.39 is 0 Å².